The maximum absolute atomic E-state index is 12.2. The number of ketones is 1. The SMILES string of the molecule is C=CC(=O)C1C2CCC1CC(Oc1cc(C#N)cc(-c3ccccc3OC)c1)C2. The molecule has 2 atom stereocenters. The van der Waals surface area contributed by atoms with Gasteiger partial charge in [-0.05, 0) is 73.4 Å². The molecule has 0 amide bonds. The van der Waals surface area contributed by atoms with Crippen LogP contribution in [0.3, 0.4) is 0 Å². The zero-order valence-corrected chi connectivity index (χ0v) is 16.6. The molecule has 4 nitrogen and oxygen atoms in total. The first kappa shape index (κ1) is 19.3. The number of carbonyl (C=O) groups is 1. The Bertz CT molecular complexity index is 960. The number of methoxy groups -OCH3 is 1. The first-order valence-corrected chi connectivity index (χ1v) is 10.1. The van der Waals surface area contributed by atoms with E-state index < -0.39 is 0 Å². The third kappa shape index (κ3) is 3.78. The molecule has 2 fully saturated rings. The molecule has 0 radical (unpaired) electrons. The Kier molecular flexibility index (Phi) is 5.40. The highest BCUT2D eigenvalue weighted by Gasteiger charge is 2.46. The third-order valence-electron chi connectivity index (χ3n) is 6.34. The van der Waals surface area contributed by atoms with Crippen LogP contribution in [0, 0.1) is 29.1 Å². The number of nitrogens with zero attached hydrogens (tertiary/aromatic N) is 1. The molecule has 4 heteroatoms. The van der Waals surface area contributed by atoms with Gasteiger partial charge in [0.15, 0.2) is 5.78 Å². The van der Waals surface area contributed by atoms with Crippen LogP contribution < -0.4 is 9.47 Å². The van der Waals surface area contributed by atoms with Crippen LogP contribution in [0.25, 0.3) is 11.1 Å². The number of carbonyl (C=O) groups excluding carboxylic acids is 1. The molecule has 4 rings (SSSR count). The maximum atomic E-state index is 12.2. The highest BCUT2D eigenvalue weighted by Crippen LogP contribution is 2.48. The van der Waals surface area contributed by atoms with Gasteiger partial charge in [-0.1, -0.05) is 24.8 Å². The van der Waals surface area contributed by atoms with Gasteiger partial charge in [-0.25, -0.2) is 0 Å². The summed E-state index contributed by atoms with van der Waals surface area (Å²) in [6.07, 6.45) is 5.47. The molecule has 0 aromatic heterocycles. The summed E-state index contributed by atoms with van der Waals surface area (Å²) < 4.78 is 11.8. The van der Waals surface area contributed by atoms with Crippen LogP contribution in [0.5, 0.6) is 11.5 Å². The highest BCUT2D eigenvalue weighted by molar-refractivity contribution is 5.92. The lowest BCUT2D eigenvalue weighted by atomic mass is 9.75. The molecule has 2 aromatic carbocycles. The second-order valence-electron chi connectivity index (χ2n) is 8.00. The molecule has 2 unspecified atom stereocenters. The van der Waals surface area contributed by atoms with Crippen molar-refractivity contribution in [3.63, 3.8) is 0 Å². The van der Waals surface area contributed by atoms with Crippen molar-refractivity contribution in [3.8, 4) is 28.7 Å². The van der Waals surface area contributed by atoms with Crippen LogP contribution in [0.4, 0.5) is 0 Å². The number of hydrogen-bond donors (Lipinski definition) is 0. The van der Waals surface area contributed by atoms with E-state index in [2.05, 4.69) is 12.6 Å². The molecule has 2 bridgehead atoms. The average Bonchev–Trinajstić information content (AvgIpc) is 3.03. The monoisotopic (exact) mass is 387 g/mol. The number of para-hydroxylation sites is 1. The van der Waals surface area contributed by atoms with Gasteiger partial charge in [0, 0.05) is 11.5 Å². The summed E-state index contributed by atoms with van der Waals surface area (Å²) in [5.41, 5.74) is 2.38. The molecule has 0 spiro atoms. The number of ether oxygens (including phenoxy) is 2. The van der Waals surface area contributed by atoms with E-state index in [0.29, 0.717) is 23.1 Å². The molecule has 2 aromatic rings. The van der Waals surface area contributed by atoms with Crippen LogP contribution in [0.15, 0.2) is 55.1 Å². The molecule has 148 valence electrons. The van der Waals surface area contributed by atoms with Gasteiger partial charge in [0.2, 0.25) is 0 Å². The Labute approximate surface area is 171 Å². The van der Waals surface area contributed by atoms with Gasteiger partial charge < -0.3 is 9.47 Å². The number of rotatable bonds is 6. The minimum Gasteiger partial charge on any atom is -0.496 e. The largest absolute Gasteiger partial charge is 0.496 e. The van der Waals surface area contributed by atoms with Crippen molar-refractivity contribution in [1.29, 1.82) is 5.26 Å². The highest BCUT2D eigenvalue weighted by atomic mass is 16.5. The molecule has 0 aliphatic heterocycles. The zero-order valence-electron chi connectivity index (χ0n) is 16.6. The average molecular weight is 387 g/mol. The number of nitriles is 1. The third-order valence-corrected chi connectivity index (χ3v) is 6.34. The summed E-state index contributed by atoms with van der Waals surface area (Å²) in [6, 6.07) is 15.6. The molecular weight excluding hydrogens is 362 g/mol. The summed E-state index contributed by atoms with van der Waals surface area (Å²) >= 11 is 0. The summed E-state index contributed by atoms with van der Waals surface area (Å²) in [5.74, 6) is 2.50. The number of allylic oxidation sites excluding steroid dienone is 1. The van der Waals surface area contributed by atoms with Crippen molar-refractivity contribution in [2.45, 2.75) is 31.8 Å². The predicted molar refractivity (Wildman–Crippen MR) is 112 cm³/mol. The van der Waals surface area contributed by atoms with Crippen molar-refractivity contribution in [2.75, 3.05) is 7.11 Å². The van der Waals surface area contributed by atoms with Gasteiger partial charge in [0.1, 0.15) is 11.5 Å². The van der Waals surface area contributed by atoms with Gasteiger partial charge >= 0.3 is 0 Å². The fraction of sp³-hybridized carbons (Fsp3) is 0.360. The van der Waals surface area contributed by atoms with Crippen molar-refractivity contribution < 1.29 is 14.3 Å². The van der Waals surface area contributed by atoms with Crippen molar-refractivity contribution in [3.05, 3.63) is 60.7 Å². The fourth-order valence-electron chi connectivity index (χ4n) is 5.13. The summed E-state index contributed by atoms with van der Waals surface area (Å²) in [7, 11) is 1.64. The molecule has 2 aliphatic rings. The molecule has 0 N–H and O–H groups in total. The lowest BCUT2D eigenvalue weighted by Gasteiger charge is -2.34. The molecule has 2 aliphatic carbocycles. The lowest BCUT2D eigenvalue weighted by molar-refractivity contribution is -0.122. The Morgan fingerprint density at radius 1 is 1.17 bits per heavy atom. The van der Waals surface area contributed by atoms with Gasteiger partial charge in [-0.2, -0.15) is 5.26 Å². The number of hydrogen-bond acceptors (Lipinski definition) is 4. The lowest BCUT2D eigenvalue weighted by Crippen LogP contribution is -2.36. The summed E-state index contributed by atoms with van der Waals surface area (Å²) in [5, 5.41) is 9.50. The Morgan fingerprint density at radius 2 is 1.90 bits per heavy atom. The second-order valence-corrected chi connectivity index (χ2v) is 8.00. The van der Waals surface area contributed by atoms with Crippen molar-refractivity contribution >= 4 is 5.78 Å². The van der Waals surface area contributed by atoms with E-state index in [1.807, 2.05) is 36.4 Å². The zero-order chi connectivity index (χ0) is 20.4. The van der Waals surface area contributed by atoms with Crippen LogP contribution in [0.2, 0.25) is 0 Å². The maximum Gasteiger partial charge on any atom is 0.158 e. The minimum atomic E-state index is 0.0702. The van der Waals surface area contributed by atoms with Crippen LogP contribution >= 0.6 is 0 Å². The van der Waals surface area contributed by atoms with Crippen molar-refractivity contribution in [1.82, 2.24) is 0 Å². The number of fused-ring (bicyclic) bond motifs is 2. The van der Waals surface area contributed by atoms with E-state index in [1.165, 1.54) is 6.08 Å². The van der Waals surface area contributed by atoms with Gasteiger partial charge in [-0.3, -0.25) is 4.79 Å². The van der Waals surface area contributed by atoms with Crippen LogP contribution in [-0.4, -0.2) is 19.0 Å². The molecule has 0 saturated heterocycles. The van der Waals surface area contributed by atoms with Gasteiger partial charge in [0.05, 0.1) is 24.8 Å². The first-order chi connectivity index (χ1) is 14.1. The van der Waals surface area contributed by atoms with Crippen molar-refractivity contribution in [2.24, 2.45) is 17.8 Å². The van der Waals surface area contributed by atoms with Crippen LogP contribution in [0.1, 0.15) is 31.2 Å². The van der Waals surface area contributed by atoms with E-state index in [1.54, 1.807) is 13.2 Å². The first-order valence-electron chi connectivity index (χ1n) is 10.1. The van der Waals surface area contributed by atoms with E-state index in [0.717, 1.165) is 42.6 Å². The minimum absolute atomic E-state index is 0.0702. The standard InChI is InChI=1S/C25H25NO3/c1-3-23(27)25-17-8-9-18(25)13-21(12-17)29-20-11-16(15-26)10-19(14-20)22-6-4-5-7-24(22)28-2/h3-7,10-11,14,17-18,21,25H,1,8-9,12-13H2,2H3. The van der Waals surface area contributed by atoms with E-state index in [9.17, 15) is 10.1 Å². The predicted octanol–water partition coefficient (Wildman–Crippen LogP) is 5.17. The van der Waals surface area contributed by atoms with Gasteiger partial charge in [-0.15, -0.1) is 0 Å². The molecule has 0 heterocycles. The fourth-order valence-corrected chi connectivity index (χ4v) is 5.13. The molecule has 2 saturated carbocycles. The smallest absolute Gasteiger partial charge is 0.158 e. The van der Waals surface area contributed by atoms with E-state index >= 15 is 0 Å². The number of benzene rings is 2. The molecular formula is C25H25NO3. The Hall–Kier alpha value is -3.06. The second kappa shape index (κ2) is 8.13. The summed E-state index contributed by atoms with van der Waals surface area (Å²) in [4.78, 5) is 12.2. The Morgan fingerprint density at radius 3 is 2.55 bits per heavy atom. The topological polar surface area (TPSA) is 59.3 Å². The van der Waals surface area contributed by atoms with Crippen LogP contribution in [-0.2, 0) is 4.79 Å². The normalized spacial score (nSPS) is 25.1. The van der Waals surface area contributed by atoms with E-state index in [-0.39, 0.29) is 17.8 Å². The Balaban J connectivity index is 1.58. The van der Waals surface area contributed by atoms with E-state index in [4.69, 9.17) is 9.47 Å². The molecule has 29 heavy (non-hydrogen) atoms. The van der Waals surface area contributed by atoms with Gasteiger partial charge in [0.25, 0.3) is 0 Å². The summed E-state index contributed by atoms with van der Waals surface area (Å²) in [6.45, 7) is 3.67. The quantitative estimate of drug-likeness (QED) is 0.642.